The maximum absolute atomic E-state index is 11.0. The number of rotatable bonds is 5. The van der Waals surface area contributed by atoms with Crippen molar-refractivity contribution in [1.29, 1.82) is 0 Å². The number of ether oxygens (including phenoxy) is 3. The largest absolute Gasteiger partial charge is 0.597 e. The van der Waals surface area contributed by atoms with Crippen LogP contribution in [0, 0.1) is 5.21 Å². The monoisotopic (exact) mass is 242 g/mol. The SMILES string of the molecule is COc1ccc(C[N+]([O-])=NO)c(OC)c1OC. The molecule has 1 N–H and O–H groups in total. The van der Waals surface area contributed by atoms with Crippen LogP contribution in [-0.2, 0) is 6.54 Å². The predicted octanol–water partition coefficient (Wildman–Crippen LogP) is 1.56. The number of hydroxylamine groups is 1. The smallest absolute Gasteiger partial charge is 0.213 e. The minimum Gasteiger partial charge on any atom is -0.597 e. The Labute approximate surface area is 98.4 Å². The Balaban J connectivity index is 3.23. The van der Waals surface area contributed by atoms with Gasteiger partial charge in [-0.05, 0) is 12.1 Å². The third-order valence-electron chi connectivity index (χ3n) is 2.19. The molecule has 0 fully saturated rings. The molecule has 0 radical (unpaired) electrons. The third kappa shape index (κ3) is 2.68. The van der Waals surface area contributed by atoms with E-state index in [9.17, 15) is 5.21 Å². The maximum Gasteiger partial charge on any atom is 0.213 e. The third-order valence-corrected chi connectivity index (χ3v) is 2.19. The van der Waals surface area contributed by atoms with Crippen molar-refractivity contribution in [2.24, 2.45) is 5.28 Å². The highest BCUT2D eigenvalue weighted by atomic mass is 16.6. The van der Waals surface area contributed by atoms with Crippen LogP contribution in [-0.4, -0.2) is 31.4 Å². The second kappa shape index (κ2) is 5.78. The van der Waals surface area contributed by atoms with Crippen molar-refractivity contribution in [3.63, 3.8) is 0 Å². The van der Waals surface area contributed by atoms with Crippen molar-refractivity contribution in [1.82, 2.24) is 0 Å². The van der Waals surface area contributed by atoms with Gasteiger partial charge in [-0.15, -0.1) is 0 Å². The van der Waals surface area contributed by atoms with Gasteiger partial charge in [0.1, 0.15) is 0 Å². The van der Waals surface area contributed by atoms with Gasteiger partial charge in [0.2, 0.25) is 12.3 Å². The lowest BCUT2D eigenvalue weighted by molar-refractivity contribution is -0.570. The Morgan fingerprint density at radius 2 is 1.82 bits per heavy atom. The molecule has 0 saturated carbocycles. The van der Waals surface area contributed by atoms with Gasteiger partial charge < -0.3 is 24.6 Å². The van der Waals surface area contributed by atoms with E-state index in [1.807, 2.05) is 0 Å². The van der Waals surface area contributed by atoms with E-state index >= 15 is 0 Å². The lowest BCUT2D eigenvalue weighted by Crippen LogP contribution is -2.04. The van der Waals surface area contributed by atoms with Gasteiger partial charge in [0, 0.05) is 0 Å². The molecule has 7 heteroatoms. The van der Waals surface area contributed by atoms with Crippen LogP contribution in [0.25, 0.3) is 0 Å². The Morgan fingerprint density at radius 1 is 1.18 bits per heavy atom. The van der Waals surface area contributed by atoms with Crippen LogP contribution in [0.15, 0.2) is 17.4 Å². The summed E-state index contributed by atoms with van der Waals surface area (Å²) in [5.74, 6) is 1.25. The van der Waals surface area contributed by atoms with Crippen LogP contribution in [0.3, 0.4) is 0 Å². The molecule has 0 amide bonds. The summed E-state index contributed by atoms with van der Waals surface area (Å²) in [5.41, 5.74) is 0.526. The van der Waals surface area contributed by atoms with Crippen molar-refractivity contribution < 1.29 is 24.3 Å². The summed E-state index contributed by atoms with van der Waals surface area (Å²) in [7, 11) is 4.42. The zero-order chi connectivity index (χ0) is 12.8. The molecule has 1 aromatic rings. The molecular formula is C10H14N2O5. The summed E-state index contributed by atoms with van der Waals surface area (Å²) < 4.78 is 15.4. The first kappa shape index (κ1) is 12.9. The van der Waals surface area contributed by atoms with Gasteiger partial charge in [-0.2, -0.15) is 0 Å². The van der Waals surface area contributed by atoms with Crippen molar-refractivity contribution in [2.45, 2.75) is 6.54 Å². The fourth-order valence-electron chi connectivity index (χ4n) is 1.47. The van der Waals surface area contributed by atoms with E-state index in [0.717, 1.165) is 0 Å². The molecule has 7 nitrogen and oxygen atoms in total. The van der Waals surface area contributed by atoms with Gasteiger partial charge >= 0.3 is 0 Å². The highest BCUT2D eigenvalue weighted by Crippen LogP contribution is 2.39. The van der Waals surface area contributed by atoms with Crippen molar-refractivity contribution in [3.8, 4) is 17.2 Å². The molecule has 0 heterocycles. The highest BCUT2D eigenvalue weighted by Gasteiger charge is 2.18. The molecular weight excluding hydrogens is 228 g/mol. The molecule has 0 saturated heterocycles. The van der Waals surface area contributed by atoms with Gasteiger partial charge in [-0.1, -0.05) is 4.86 Å². The van der Waals surface area contributed by atoms with Crippen molar-refractivity contribution in [2.75, 3.05) is 21.3 Å². The number of nitrogens with zero attached hydrogens (tertiary/aromatic N) is 2. The van der Waals surface area contributed by atoms with Crippen LogP contribution in [0.5, 0.6) is 17.2 Å². The van der Waals surface area contributed by atoms with Crippen LogP contribution in [0.4, 0.5) is 0 Å². The van der Waals surface area contributed by atoms with Gasteiger partial charge in [0.05, 0.1) is 26.9 Å². The molecule has 0 aliphatic rings. The molecule has 0 aliphatic heterocycles. The second-order valence-electron chi connectivity index (χ2n) is 3.09. The number of hydrogen-bond acceptors (Lipinski definition) is 5. The first-order chi connectivity index (χ1) is 8.17. The summed E-state index contributed by atoms with van der Waals surface area (Å²) in [6.07, 6.45) is 0. The molecule has 0 atom stereocenters. The van der Waals surface area contributed by atoms with Crippen LogP contribution in [0.1, 0.15) is 5.56 Å². The molecule has 17 heavy (non-hydrogen) atoms. The van der Waals surface area contributed by atoms with Crippen LogP contribution < -0.4 is 14.2 Å². The normalized spacial score (nSPS) is 11.1. The zero-order valence-electron chi connectivity index (χ0n) is 9.84. The number of methoxy groups -OCH3 is 3. The van der Waals surface area contributed by atoms with Gasteiger partial charge in [-0.3, -0.25) is 0 Å². The van der Waals surface area contributed by atoms with E-state index in [-0.39, 0.29) is 11.4 Å². The Bertz CT molecular complexity index is 419. The number of benzene rings is 1. The van der Waals surface area contributed by atoms with Gasteiger partial charge in [0.15, 0.2) is 16.8 Å². The average molecular weight is 242 g/mol. The molecule has 1 rings (SSSR count). The molecule has 0 aliphatic carbocycles. The summed E-state index contributed by atoms with van der Waals surface area (Å²) in [6, 6.07) is 3.28. The van der Waals surface area contributed by atoms with Gasteiger partial charge in [-0.25, -0.2) is 0 Å². The lowest BCUT2D eigenvalue weighted by Gasteiger charge is -2.14. The zero-order valence-corrected chi connectivity index (χ0v) is 9.84. The topological polar surface area (TPSA) is 86.4 Å². The molecule has 94 valence electrons. The molecule has 0 aromatic heterocycles. The minimum atomic E-state index is -0.153. The second-order valence-corrected chi connectivity index (χ2v) is 3.09. The van der Waals surface area contributed by atoms with Crippen molar-refractivity contribution in [3.05, 3.63) is 22.9 Å². The standard InChI is InChI=1S/C10H14N2O5/c1-15-8-5-4-7(6-12(14)11-13)9(16-2)10(8)17-3/h4-5,13H,6H2,1-3H3. The molecule has 1 aromatic carbocycles. The predicted molar refractivity (Wildman–Crippen MR) is 57.6 cm³/mol. The van der Waals surface area contributed by atoms with E-state index in [4.69, 9.17) is 19.4 Å². The first-order valence-corrected chi connectivity index (χ1v) is 4.75. The summed E-state index contributed by atoms with van der Waals surface area (Å²) in [6.45, 7) is -0.153. The maximum atomic E-state index is 11.0. The van der Waals surface area contributed by atoms with Crippen molar-refractivity contribution >= 4 is 0 Å². The summed E-state index contributed by atoms with van der Waals surface area (Å²) >= 11 is 0. The average Bonchev–Trinajstić information content (AvgIpc) is 2.37. The summed E-state index contributed by atoms with van der Waals surface area (Å²) in [5, 5.41) is 21.8. The first-order valence-electron chi connectivity index (χ1n) is 4.75. The fraction of sp³-hybridized carbons (Fsp3) is 0.400. The Morgan fingerprint density at radius 3 is 2.29 bits per heavy atom. The van der Waals surface area contributed by atoms with E-state index in [2.05, 4.69) is 5.28 Å². The quantitative estimate of drug-likeness (QED) is 0.481. The fourth-order valence-corrected chi connectivity index (χ4v) is 1.47. The molecule has 0 unspecified atom stereocenters. The van der Waals surface area contributed by atoms with E-state index < -0.39 is 0 Å². The Kier molecular flexibility index (Phi) is 4.38. The molecule has 0 bridgehead atoms. The van der Waals surface area contributed by atoms with Crippen LogP contribution >= 0.6 is 0 Å². The lowest BCUT2D eigenvalue weighted by atomic mass is 10.1. The van der Waals surface area contributed by atoms with E-state index in [1.165, 1.54) is 21.3 Å². The Hall–Kier alpha value is -2.18. The van der Waals surface area contributed by atoms with Crippen LogP contribution in [0.2, 0.25) is 0 Å². The van der Waals surface area contributed by atoms with Gasteiger partial charge in [0.25, 0.3) is 0 Å². The van der Waals surface area contributed by atoms with E-state index in [1.54, 1.807) is 12.1 Å². The summed E-state index contributed by atoms with van der Waals surface area (Å²) in [4.78, 5) is 0.129. The minimum absolute atomic E-state index is 0.129. The number of hydrogen-bond donors (Lipinski definition) is 1. The molecule has 0 spiro atoms. The van der Waals surface area contributed by atoms with E-state index in [0.29, 0.717) is 22.8 Å². The highest BCUT2D eigenvalue weighted by molar-refractivity contribution is 5.55.